The number of anilines is 1. The molecule has 1 aromatic heterocycles. The van der Waals surface area contributed by atoms with E-state index in [1.807, 2.05) is 26.2 Å². The summed E-state index contributed by atoms with van der Waals surface area (Å²) in [4.78, 5) is 4.31. The molecule has 0 unspecified atom stereocenters. The molecule has 1 aromatic rings. The van der Waals surface area contributed by atoms with Gasteiger partial charge in [-0.1, -0.05) is 20.8 Å². The van der Waals surface area contributed by atoms with Gasteiger partial charge in [0.2, 0.25) is 0 Å². The van der Waals surface area contributed by atoms with E-state index in [1.54, 1.807) is 0 Å². The highest BCUT2D eigenvalue weighted by atomic mass is 32.2. The Morgan fingerprint density at radius 1 is 1.47 bits per heavy atom. The molecule has 0 radical (unpaired) electrons. The van der Waals surface area contributed by atoms with Gasteiger partial charge in [-0.25, -0.2) is 9.71 Å². The lowest BCUT2D eigenvalue weighted by Crippen LogP contribution is -2.34. The van der Waals surface area contributed by atoms with Gasteiger partial charge in [-0.3, -0.25) is 0 Å². The Hall–Kier alpha value is -0.700. The number of nitrogens with two attached hydrogens (primary N) is 1. The molecule has 0 aliphatic carbocycles. The third-order valence-corrected chi connectivity index (χ3v) is 4.92. The van der Waals surface area contributed by atoms with E-state index in [2.05, 4.69) is 9.71 Å². The van der Waals surface area contributed by atoms with E-state index in [4.69, 9.17) is 5.73 Å². The largest absolute Gasteiger partial charge is 0.330 e. The van der Waals surface area contributed by atoms with Crippen molar-refractivity contribution in [2.75, 3.05) is 24.9 Å². The van der Waals surface area contributed by atoms with Crippen LogP contribution in [0.5, 0.6) is 0 Å². The van der Waals surface area contributed by atoms with Crippen LogP contribution in [0.15, 0.2) is 5.38 Å². The molecule has 0 saturated heterocycles. The summed E-state index contributed by atoms with van der Waals surface area (Å²) in [6, 6.07) is 0. The van der Waals surface area contributed by atoms with Crippen molar-refractivity contribution in [1.82, 2.24) is 9.29 Å². The molecule has 19 heavy (non-hydrogen) atoms. The molecular weight excluding hydrogens is 284 g/mol. The van der Waals surface area contributed by atoms with Gasteiger partial charge in [0.05, 0.1) is 5.69 Å². The first-order valence-corrected chi connectivity index (χ1v) is 8.39. The van der Waals surface area contributed by atoms with Crippen LogP contribution in [0, 0.1) is 0 Å². The minimum absolute atomic E-state index is 0.0916. The van der Waals surface area contributed by atoms with Gasteiger partial charge in [0.1, 0.15) is 0 Å². The van der Waals surface area contributed by atoms with Crippen molar-refractivity contribution < 1.29 is 8.42 Å². The monoisotopic (exact) mass is 306 g/mol. The second kappa shape index (κ2) is 6.17. The van der Waals surface area contributed by atoms with Crippen LogP contribution >= 0.6 is 11.3 Å². The Labute approximate surface area is 119 Å². The summed E-state index contributed by atoms with van der Waals surface area (Å²) in [7, 11) is -2.02. The molecule has 0 fully saturated rings. The number of aromatic nitrogens is 1. The number of thiazole rings is 1. The average Bonchev–Trinajstić information content (AvgIpc) is 2.73. The molecular formula is C11H22N4O2S2. The van der Waals surface area contributed by atoms with Crippen molar-refractivity contribution in [2.45, 2.75) is 32.6 Å². The second-order valence-corrected chi connectivity index (χ2v) is 7.99. The summed E-state index contributed by atoms with van der Waals surface area (Å²) in [5, 5.41) is 2.27. The summed E-state index contributed by atoms with van der Waals surface area (Å²) >= 11 is 1.29. The van der Waals surface area contributed by atoms with Gasteiger partial charge in [-0.15, -0.1) is 11.3 Å². The zero-order chi connectivity index (χ0) is 14.7. The molecule has 0 bridgehead atoms. The van der Waals surface area contributed by atoms with Crippen molar-refractivity contribution in [3.8, 4) is 0 Å². The molecule has 0 spiro atoms. The molecule has 1 heterocycles. The number of nitrogens with zero attached hydrogens (tertiary/aromatic N) is 2. The smallest absolute Gasteiger partial charge is 0.303 e. The van der Waals surface area contributed by atoms with Crippen LogP contribution in [-0.2, 0) is 15.6 Å². The van der Waals surface area contributed by atoms with Crippen LogP contribution in [0.25, 0.3) is 0 Å². The van der Waals surface area contributed by atoms with E-state index < -0.39 is 10.2 Å². The SMILES string of the molecule is CN(CCCN)S(=O)(=O)Nc1nc(C(C)(C)C)cs1. The van der Waals surface area contributed by atoms with Crippen molar-refractivity contribution in [1.29, 1.82) is 0 Å². The molecule has 0 aromatic carbocycles. The van der Waals surface area contributed by atoms with Crippen molar-refractivity contribution in [2.24, 2.45) is 5.73 Å². The van der Waals surface area contributed by atoms with Crippen molar-refractivity contribution in [3.05, 3.63) is 11.1 Å². The summed E-state index contributed by atoms with van der Waals surface area (Å²) in [5.41, 5.74) is 6.15. The van der Waals surface area contributed by atoms with Gasteiger partial charge in [0.15, 0.2) is 5.13 Å². The molecule has 0 aliphatic heterocycles. The molecule has 1 rings (SSSR count). The van der Waals surface area contributed by atoms with Crippen LogP contribution in [0.2, 0.25) is 0 Å². The van der Waals surface area contributed by atoms with E-state index in [0.29, 0.717) is 24.6 Å². The first-order chi connectivity index (χ1) is 8.66. The lowest BCUT2D eigenvalue weighted by molar-refractivity contribution is 0.468. The van der Waals surface area contributed by atoms with Gasteiger partial charge >= 0.3 is 10.2 Å². The number of nitrogens with one attached hydrogen (secondary N) is 1. The lowest BCUT2D eigenvalue weighted by atomic mass is 9.93. The van der Waals surface area contributed by atoms with Crippen LogP contribution in [0.3, 0.4) is 0 Å². The minimum Gasteiger partial charge on any atom is -0.330 e. The van der Waals surface area contributed by atoms with Crippen molar-refractivity contribution in [3.63, 3.8) is 0 Å². The van der Waals surface area contributed by atoms with Gasteiger partial charge in [0.25, 0.3) is 0 Å². The Balaban J connectivity index is 2.76. The summed E-state index contributed by atoms with van der Waals surface area (Å²) in [6.07, 6.45) is 0.628. The maximum absolute atomic E-state index is 12.0. The zero-order valence-electron chi connectivity index (χ0n) is 11.8. The van der Waals surface area contributed by atoms with E-state index in [1.165, 1.54) is 22.7 Å². The molecule has 6 nitrogen and oxygen atoms in total. The van der Waals surface area contributed by atoms with E-state index in [9.17, 15) is 8.42 Å². The maximum atomic E-state index is 12.0. The highest BCUT2D eigenvalue weighted by molar-refractivity contribution is 7.90. The standard InChI is InChI=1S/C11H22N4O2S2/c1-11(2,3)9-8-18-10(13-9)14-19(16,17)15(4)7-5-6-12/h8H,5-7,12H2,1-4H3,(H,13,14). The molecule has 3 N–H and O–H groups in total. The Bertz CT molecular complexity index is 505. The zero-order valence-corrected chi connectivity index (χ0v) is 13.4. The molecule has 0 atom stereocenters. The third kappa shape index (κ3) is 4.72. The number of hydrogen-bond donors (Lipinski definition) is 2. The number of rotatable bonds is 6. The van der Waals surface area contributed by atoms with E-state index in [0.717, 1.165) is 5.69 Å². The van der Waals surface area contributed by atoms with Gasteiger partial charge in [0, 0.05) is 24.4 Å². The molecule has 0 saturated carbocycles. The lowest BCUT2D eigenvalue weighted by Gasteiger charge is -2.17. The predicted molar refractivity (Wildman–Crippen MR) is 79.7 cm³/mol. The summed E-state index contributed by atoms with van der Waals surface area (Å²) in [5.74, 6) is 0. The van der Waals surface area contributed by atoms with Crippen LogP contribution in [0.4, 0.5) is 5.13 Å². The van der Waals surface area contributed by atoms with Gasteiger partial charge in [-0.2, -0.15) is 12.7 Å². The Morgan fingerprint density at radius 2 is 2.11 bits per heavy atom. The molecule has 0 amide bonds. The predicted octanol–water partition coefficient (Wildman–Crippen LogP) is 1.38. The average molecular weight is 306 g/mol. The topological polar surface area (TPSA) is 88.3 Å². The fraction of sp³-hybridized carbons (Fsp3) is 0.727. The maximum Gasteiger partial charge on any atom is 0.303 e. The first-order valence-electron chi connectivity index (χ1n) is 6.07. The second-order valence-electron chi connectivity index (χ2n) is 5.36. The summed E-state index contributed by atoms with van der Waals surface area (Å²) < 4.78 is 27.7. The van der Waals surface area contributed by atoms with Crippen LogP contribution in [0.1, 0.15) is 32.9 Å². The number of hydrogen-bond acceptors (Lipinski definition) is 5. The minimum atomic E-state index is -3.54. The summed E-state index contributed by atoms with van der Waals surface area (Å²) in [6.45, 7) is 6.96. The quantitative estimate of drug-likeness (QED) is 0.831. The van der Waals surface area contributed by atoms with Gasteiger partial charge < -0.3 is 5.73 Å². The fourth-order valence-corrected chi connectivity index (χ4v) is 3.37. The highest BCUT2D eigenvalue weighted by Crippen LogP contribution is 2.26. The van der Waals surface area contributed by atoms with Crippen LogP contribution < -0.4 is 10.5 Å². The normalized spacial score (nSPS) is 12.9. The third-order valence-electron chi connectivity index (χ3n) is 2.58. The van der Waals surface area contributed by atoms with E-state index >= 15 is 0 Å². The molecule has 8 heteroatoms. The fourth-order valence-electron chi connectivity index (χ4n) is 1.29. The Kier molecular flexibility index (Phi) is 5.31. The van der Waals surface area contributed by atoms with Gasteiger partial charge in [-0.05, 0) is 13.0 Å². The molecule has 110 valence electrons. The van der Waals surface area contributed by atoms with E-state index in [-0.39, 0.29) is 5.41 Å². The van der Waals surface area contributed by atoms with Crippen molar-refractivity contribution >= 4 is 26.7 Å². The highest BCUT2D eigenvalue weighted by Gasteiger charge is 2.21. The first kappa shape index (κ1) is 16.4. The molecule has 0 aliphatic rings. The van der Waals surface area contributed by atoms with Crippen LogP contribution in [-0.4, -0.2) is 37.8 Å². The Morgan fingerprint density at radius 3 is 2.58 bits per heavy atom.